The van der Waals surface area contributed by atoms with Crippen molar-refractivity contribution in [3.8, 4) is 0 Å². The first kappa shape index (κ1) is 13.2. The first-order valence-corrected chi connectivity index (χ1v) is 6.96. The molecule has 0 aliphatic rings. The molecule has 2 aromatic rings. The molecule has 0 saturated heterocycles. The molecule has 0 heterocycles. The molecule has 0 aromatic heterocycles. The molecule has 0 fully saturated rings. The molecule has 18 heavy (non-hydrogen) atoms. The van der Waals surface area contributed by atoms with Crippen LogP contribution in [0.4, 0.5) is 0 Å². The van der Waals surface area contributed by atoms with Gasteiger partial charge in [-0.1, -0.05) is 36.0 Å². The smallest absolute Gasteiger partial charge is 0.0189 e. The fourth-order valence-corrected chi connectivity index (χ4v) is 3.10. The van der Waals surface area contributed by atoms with Crippen molar-refractivity contribution in [2.75, 3.05) is 0 Å². The van der Waals surface area contributed by atoms with E-state index in [1.807, 2.05) is 11.8 Å². The Bertz CT molecular complexity index is 561. The van der Waals surface area contributed by atoms with E-state index >= 15 is 0 Å². The summed E-state index contributed by atoms with van der Waals surface area (Å²) in [6.45, 7) is 6.99. The number of hydrogen-bond acceptors (Lipinski definition) is 2. The molecule has 0 spiro atoms. The summed E-state index contributed by atoms with van der Waals surface area (Å²) in [6, 6.07) is 13.0. The first-order chi connectivity index (χ1) is 8.60. The van der Waals surface area contributed by atoms with Crippen LogP contribution in [0.1, 0.15) is 22.3 Å². The van der Waals surface area contributed by atoms with Gasteiger partial charge in [0.05, 0.1) is 0 Å². The molecule has 0 amide bonds. The van der Waals surface area contributed by atoms with Crippen molar-refractivity contribution in [3.63, 3.8) is 0 Å². The Morgan fingerprint density at radius 2 is 1.50 bits per heavy atom. The van der Waals surface area contributed by atoms with Gasteiger partial charge >= 0.3 is 0 Å². The molecule has 94 valence electrons. The Hall–Kier alpha value is -1.25. The normalized spacial score (nSPS) is 10.7. The minimum Gasteiger partial charge on any atom is -0.326 e. The highest BCUT2D eigenvalue weighted by molar-refractivity contribution is 7.99. The fourth-order valence-electron chi connectivity index (χ4n) is 1.86. The summed E-state index contributed by atoms with van der Waals surface area (Å²) in [6.07, 6.45) is 0. The molecule has 2 heteroatoms. The molecule has 0 saturated carbocycles. The highest BCUT2D eigenvalue weighted by Crippen LogP contribution is 2.33. The van der Waals surface area contributed by atoms with Gasteiger partial charge in [-0.05, 0) is 55.2 Å². The van der Waals surface area contributed by atoms with Gasteiger partial charge < -0.3 is 5.73 Å². The Morgan fingerprint density at radius 3 is 2.17 bits per heavy atom. The second-order valence-electron chi connectivity index (χ2n) is 4.69. The van der Waals surface area contributed by atoms with Crippen molar-refractivity contribution in [2.24, 2.45) is 5.73 Å². The Labute approximate surface area is 113 Å². The van der Waals surface area contributed by atoms with Crippen molar-refractivity contribution >= 4 is 11.8 Å². The molecule has 0 aliphatic carbocycles. The predicted molar refractivity (Wildman–Crippen MR) is 79.1 cm³/mol. The molecular formula is C16H19NS. The lowest BCUT2D eigenvalue weighted by Crippen LogP contribution is -1.98. The van der Waals surface area contributed by atoms with E-state index in [9.17, 15) is 0 Å². The van der Waals surface area contributed by atoms with Gasteiger partial charge in [-0.15, -0.1) is 0 Å². The van der Waals surface area contributed by atoms with Crippen LogP contribution in [0.25, 0.3) is 0 Å². The number of aryl methyl sites for hydroxylation is 3. The molecule has 0 atom stereocenters. The highest BCUT2D eigenvalue weighted by Gasteiger charge is 2.06. The zero-order valence-electron chi connectivity index (χ0n) is 11.2. The van der Waals surface area contributed by atoms with Crippen LogP contribution >= 0.6 is 11.8 Å². The third kappa shape index (κ3) is 2.95. The van der Waals surface area contributed by atoms with E-state index in [4.69, 9.17) is 5.73 Å². The Kier molecular flexibility index (Phi) is 4.10. The third-order valence-electron chi connectivity index (χ3n) is 3.01. The second-order valence-corrected chi connectivity index (χ2v) is 5.77. The summed E-state index contributed by atoms with van der Waals surface area (Å²) in [4.78, 5) is 2.58. The molecule has 0 unspecified atom stereocenters. The minimum atomic E-state index is 0.591. The summed E-state index contributed by atoms with van der Waals surface area (Å²) in [5.74, 6) is 0. The van der Waals surface area contributed by atoms with Crippen LogP contribution in [0.15, 0.2) is 46.2 Å². The van der Waals surface area contributed by atoms with Crippen molar-refractivity contribution in [3.05, 3.63) is 58.7 Å². The summed E-state index contributed by atoms with van der Waals surface area (Å²) in [5, 5.41) is 0. The van der Waals surface area contributed by atoms with Crippen LogP contribution in [0, 0.1) is 20.8 Å². The van der Waals surface area contributed by atoms with Gasteiger partial charge in [0.2, 0.25) is 0 Å². The van der Waals surface area contributed by atoms with Gasteiger partial charge in [0.1, 0.15) is 0 Å². The maximum Gasteiger partial charge on any atom is 0.0189 e. The lowest BCUT2D eigenvalue weighted by Gasteiger charge is -2.11. The van der Waals surface area contributed by atoms with E-state index < -0.39 is 0 Å². The first-order valence-electron chi connectivity index (χ1n) is 6.15. The van der Waals surface area contributed by atoms with Crippen molar-refractivity contribution < 1.29 is 0 Å². The number of hydrogen-bond donors (Lipinski definition) is 1. The number of rotatable bonds is 3. The lowest BCUT2D eigenvalue weighted by molar-refractivity contribution is 1.02. The fraction of sp³-hybridized carbons (Fsp3) is 0.250. The number of nitrogens with two attached hydrogens (primary N) is 1. The number of benzene rings is 2. The summed E-state index contributed by atoms with van der Waals surface area (Å²) >= 11 is 1.81. The SMILES string of the molecule is Cc1ccc(C)c(Sc2cc(C)ccc2CN)c1. The van der Waals surface area contributed by atoms with Crippen molar-refractivity contribution in [1.82, 2.24) is 0 Å². The minimum absolute atomic E-state index is 0.591. The van der Waals surface area contributed by atoms with Crippen LogP contribution in [-0.4, -0.2) is 0 Å². The molecule has 2 N–H and O–H groups in total. The Balaban J connectivity index is 2.38. The quantitative estimate of drug-likeness (QED) is 0.891. The zero-order valence-corrected chi connectivity index (χ0v) is 12.0. The maximum absolute atomic E-state index is 5.81. The average molecular weight is 257 g/mol. The third-order valence-corrected chi connectivity index (χ3v) is 4.27. The van der Waals surface area contributed by atoms with E-state index in [2.05, 4.69) is 57.2 Å². The van der Waals surface area contributed by atoms with Gasteiger partial charge in [0.15, 0.2) is 0 Å². The largest absolute Gasteiger partial charge is 0.326 e. The lowest BCUT2D eigenvalue weighted by atomic mass is 10.1. The topological polar surface area (TPSA) is 26.0 Å². The molecule has 2 rings (SSSR count). The zero-order chi connectivity index (χ0) is 13.1. The Morgan fingerprint density at radius 1 is 0.889 bits per heavy atom. The van der Waals surface area contributed by atoms with E-state index in [0.29, 0.717) is 6.54 Å². The van der Waals surface area contributed by atoms with Gasteiger partial charge in [0.25, 0.3) is 0 Å². The summed E-state index contributed by atoms with van der Waals surface area (Å²) < 4.78 is 0. The van der Waals surface area contributed by atoms with E-state index in [0.717, 1.165) is 0 Å². The highest BCUT2D eigenvalue weighted by atomic mass is 32.2. The summed E-state index contributed by atoms with van der Waals surface area (Å²) in [7, 11) is 0. The van der Waals surface area contributed by atoms with Crippen LogP contribution in [-0.2, 0) is 6.54 Å². The molecular weight excluding hydrogens is 238 g/mol. The standard InChI is InChI=1S/C16H19NS/c1-11-4-6-13(3)15(8-11)18-16-9-12(2)5-7-14(16)10-17/h4-9H,10,17H2,1-3H3. The molecule has 2 aromatic carbocycles. The van der Waals surface area contributed by atoms with E-state index in [1.54, 1.807) is 0 Å². The van der Waals surface area contributed by atoms with E-state index in [1.165, 1.54) is 32.0 Å². The predicted octanol–water partition coefficient (Wildman–Crippen LogP) is 4.22. The molecule has 1 nitrogen and oxygen atoms in total. The van der Waals surface area contributed by atoms with Gasteiger partial charge in [-0.25, -0.2) is 0 Å². The van der Waals surface area contributed by atoms with Crippen LogP contribution in [0.3, 0.4) is 0 Å². The molecule has 0 bridgehead atoms. The van der Waals surface area contributed by atoms with Crippen molar-refractivity contribution in [2.45, 2.75) is 37.1 Å². The summed E-state index contributed by atoms with van der Waals surface area (Å²) in [5.41, 5.74) is 10.9. The molecule has 0 aliphatic heterocycles. The maximum atomic E-state index is 5.81. The van der Waals surface area contributed by atoms with E-state index in [-0.39, 0.29) is 0 Å². The van der Waals surface area contributed by atoms with Gasteiger partial charge in [-0.2, -0.15) is 0 Å². The van der Waals surface area contributed by atoms with Crippen LogP contribution in [0.5, 0.6) is 0 Å². The van der Waals surface area contributed by atoms with Gasteiger partial charge in [-0.3, -0.25) is 0 Å². The van der Waals surface area contributed by atoms with Crippen LogP contribution < -0.4 is 5.73 Å². The van der Waals surface area contributed by atoms with Gasteiger partial charge in [0, 0.05) is 16.3 Å². The monoisotopic (exact) mass is 257 g/mol. The molecule has 0 radical (unpaired) electrons. The van der Waals surface area contributed by atoms with Crippen LogP contribution in [0.2, 0.25) is 0 Å². The second kappa shape index (κ2) is 5.59. The van der Waals surface area contributed by atoms with Crippen molar-refractivity contribution in [1.29, 1.82) is 0 Å². The average Bonchev–Trinajstić information content (AvgIpc) is 2.34.